The highest BCUT2D eigenvalue weighted by Crippen LogP contribution is 2.53. The van der Waals surface area contributed by atoms with Gasteiger partial charge in [0.1, 0.15) is 0 Å². The lowest BCUT2D eigenvalue weighted by molar-refractivity contribution is 0.990. The molecular formula is C54H36. The number of allylic oxidation sites excluding steroid dienone is 2. The average Bonchev–Trinajstić information content (AvgIpc) is 3.57. The van der Waals surface area contributed by atoms with Crippen molar-refractivity contribution in [2.45, 2.75) is 12.3 Å². The molecule has 0 saturated heterocycles. The summed E-state index contributed by atoms with van der Waals surface area (Å²) < 4.78 is 0. The molecule has 9 aromatic carbocycles. The minimum Gasteiger partial charge on any atom is -0.0832 e. The van der Waals surface area contributed by atoms with E-state index in [-0.39, 0.29) is 0 Å². The molecule has 252 valence electrons. The van der Waals surface area contributed by atoms with Crippen LogP contribution in [0.2, 0.25) is 0 Å². The van der Waals surface area contributed by atoms with Gasteiger partial charge in [-0.05, 0) is 111 Å². The second-order valence-electron chi connectivity index (χ2n) is 14.7. The number of fused-ring (bicyclic) bond motifs is 6. The smallest absolute Gasteiger partial charge is 0.0285 e. The molecule has 2 aliphatic rings. The first-order valence-corrected chi connectivity index (χ1v) is 19.0. The lowest BCUT2D eigenvalue weighted by Gasteiger charge is -2.24. The Morgan fingerprint density at radius 2 is 0.926 bits per heavy atom. The van der Waals surface area contributed by atoms with Gasteiger partial charge in [-0.15, -0.1) is 0 Å². The fourth-order valence-electron chi connectivity index (χ4n) is 9.33. The Labute approximate surface area is 316 Å². The topological polar surface area (TPSA) is 0 Å². The normalized spacial score (nSPS) is 14.3. The number of rotatable bonds is 5. The van der Waals surface area contributed by atoms with E-state index >= 15 is 0 Å². The number of benzene rings is 9. The maximum atomic E-state index is 2.42. The van der Waals surface area contributed by atoms with E-state index in [4.69, 9.17) is 0 Å². The zero-order chi connectivity index (χ0) is 35.6. The van der Waals surface area contributed by atoms with Gasteiger partial charge in [0.25, 0.3) is 0 Å². The molecule has 1 unspecified atom stereocenters. The quantitative estimate of drug-likeness (QED) is 0.0962. The predicted molar refractivity (Wildman–Crippen MR) is 231 cm³/mol. The van der Waals surface area contributed by atoms with Crippen molar-refractivity contribution in [1.82, 2.24) is 0 Å². The van der Waals surface area contributed by atoms with Crippen LogP contribution < -0.4 is 0 Å². The zero-order valence-corrected chi connectivity index (χ0v) is 29.8. The minimum absolute atomic E-state index is 0.332. The third-order valence-corrected chi connectivity index (χ3v) is 11.8. The second-order valence-corrected chi connectivity index (χ2v) is 14.7. The van der Waals surface area contributed by atoms with Crippen LogP contribution in [0.15, 0.2) is 188 Å². The molecule has 0 fully saturated rings. The standard InChI is InChI=1S/C54H36/c1-2-13-40-37(11-1)12-9-20-41(40)38-29-25-35(26-30-38)23-24-36-27-31-39(32-28-36)52-45-16-5-7-18-47(45)54(48-19-8-6-17-46(48)52)51-34-33-50-43-15-4-3-14-42(43)44-21-10-22-49(51)53(44)50/h1-21,23-34,44H,22H2/b24-23+. The average molecular weight is 685 g/mol. The van der Waals surface area contributed by atoms with Crippen molar-refractivity contribution in [3.8, 4) is 44.5 Å². The van der Waals surface area contributed by atoms with Crippen LogP contribution in [-0.2, 0) is 6.42 Å². The van der Waals surface area contributed by atoms with E-state index in [9.17, 15) is 0 Å². The molecule has 0 radical (unpaired) electrons. The molecular weight excluding hydrogens is 649 g/mol. The van der Waals surface area contributed by atoms with E-state index in [1.807, 2.05) is 0 Å². The maximum Gasteiger partial charge on any atom is 0.0285 e. The highest BCUT2D eigenvalue weighted by Gasteiger charge is 2.32. The monoisotopic (exact) mass is 684 g/mol. The lowest BCUT2D eigenvalue weighted by Crippen LogP contribution is -2.05. The summed E-state index contributed by atoms with van der Waals surface area (Å²) in [7, 11) is 0. The summed E-state index contributed by atoms with van der Waals surface area (Å²) in [6.45, 7) is 0. The van der Waals surface area contributed by atoms with E-state index in [1.54, 1.807) is 0 Å². The molecule has 0 aliphatic heterocycles. The van der Waals surface area contributed by atoms with Gasteiger partial charge in [-0.3, -0.25) is 0 Å². The van der Waals surface area contributed by atoms with Gasteiger partial charge < -0.3 is 0 Å². The first-order chi connectivity index (χ1) is 26.8. The first kappa shape index (κ1) is 30.8. The molecule has 0 nitrogen and oxygen atoms in total. The molecule has 0 spiro atoms. The largest absolute Gasteiger partial charge is 0.0832 e. The van der Waals surface area contributed by atoms with Crippen molar-refractivity contribution >= 4 is 44.5 Å². The minimum atomic E-state index is 0.332. The van der Waals surface area contributed by atoms with E-state index < -0.39 is 0 Å². The van der Waals surface area contributed by atoms with Crippen molar-refractivity contribution in [2.24, 2.45) is 0 Å². The van der Waals surface area contributed by atoms with Crippen LogP contribution in [0, 0.1) is 0 Å². The molecule has 54 heavy (non-hydrogen) atoms. The fourth-order valence-corrected chi connectivity index (χ4v) is 9.33. The fraction of sp³-hybridized carbons (Fsp3) is 0.0370. The highest BCUT2D eigenvalue weighted by atomic mass is 14.4. The van der Waals surface area contributed by atoms with Gasteiger partial charge in [0, 0.05) is 5.92 Å². The number of hydrogen-bond acceptors (Lipinski definition) is 0. The molecule has 0 amide bonds. The second kappa shape index (κ2) is 12.4. The molecule has 0 N–H and O–H groups in total. The molecule has 0 bridgehead atoms. The van der Waals surface area contributed by atoms with Crippen molar-refractivity contribution in [2.75, 3.05) is 0 Å². The van der Waals surface area contributed by atoms with Gasteiger partial charge in [-0.1, -0.05) is 200 Å². The lowest BCUT2D eigenvalue weighted by atomic mass is 9.79. The summed E-state index contributed by atoms with van der Waals surface area (Å²) in [5.41, 5.74) is 17.3. The molecule has 1 atom stereocenters. The van der Waals surface area contributed by atoms with Crippen molar-refractivity contribution < 1.29 is 0 Å². The van der Waals surface area contributed by atoms with E-state index in [2.05, 4.69) is 200 Å². The third-order valence-electron chi connectivity index (χ3n) is 11.8. The SMILES string of the molecule is C1=CC2c3ccccc3-c3ccc(-c4c5ccccc5c(-c5ccc(/C=C/c6ccc(-c7cccc8ccccc78)cc6)cc5)c5ccccc45)c(c32)C1. The highest BCUT2D eigenvalue weighted by molar-refractivity contribution is 6.22. The van der Waals surface area contributed by atoms with Crippen LogP contribution in [0.5, 0.6) is 0 Å². The molecule has 11 rings (SSSR count). The Morgan fingerprint density at radius 3 is 1.63 bits per heavy atom. The Bertz CT molecular complexity index is 2930. The van der Waals surface area contributed by atoms with Crippen LogP contribution in [0.3, 0.4) is 0 Å². The van der Waals surface area contributed by atoms with Crippen molar-refractivity contribution in [1.29, 1.82) is 0 Å². The van der Waals surface area contributed by atoms with Crippen LogP contribution >= 0.6 is 0 Å². The summed E-state index contributed by atoms with van der Waals surface area (Å²) in [6, 6.07) is 64.9. The van der Waals surface area contributed by atoms with Gasteiger partial charge in [0.05, 0.1) is 0 Å². The Balaban J connectivity index is 0.967. The van der Waals surface area contributed by atoms with Crippen LogP contribution in [0.4, 0.5) is 0 Å². The maximum absolute atomic E-state index is 2.42. The molecule has 0 saturated carbocycles. The molecule has 2 aliphatic carbocycles. The van der Waals surface area contributed by atoms with Crippen molar-refractivity contribution in [3.63, 3.8) is 0 Å². The summed E-state index contributed by atoms with van der Waals surface area (Å²) in [5.74, 6) is 0.332. The Kier molecular flexibility index (Phi) is 7.10. The Morgan fingerprint density at radius 1 is 0.389 bits per heavy atom. The van der Waals surface area contributed by atoms with Gasteiger partial charge in [0.15, 0.2) is 0 Å². The van der Waals surface area contributed by atoms with Crippen molar-refractivity contribution in [3.05, 3.63) is 216 Å². The molecule has 0 aromatic heterocycles. The van der Waals surface area contributed by atoms with E-state index in [0.29, 0.717) is 5.92 Å². The molecule has 9 aromatic rings. The summed E-state index contributed by atoms with van der Waals surface area (Å²) >= 11 is 0. The predicted octanol–water partition coefficient (Wildman–Crippen LogP) is 14.5. The number of hydrogen-bond donors (Lipinski definition) is 0. The molecule has 0 heterocycles. The van der Waals surface area contributed by atoms with Crippen LogP contribution in [0.25, 0.3) is 89.0 Å². The first-order valence-electron chi connectivity index (χ1n) is 19.0. The summed E-state index contributed by atoms with van der Waals surface area (Å²) in [6.07, 6.45) is 10.2. The van der Waals surface area contributed by atoms with Gasteiger partial charge in [-0.25, -0.2) is 0 Å². The summed E-state index contributed by atoms with van der Waals surface area (Å²) in [5, 5.41) is 7.75. The van der Waals surface area contributed by atoms with Crippen LogP contribution in [-0.4, -0.2) is 0 Å². The van der Waals surface area contributed by atoms with E-state index in [0.717, 1.165) is 6.42 Å². The van der Waals surface area contributed by atoms with Crippen LogP contribution in [0.1, 0.15) is 33.7 Å². The van der Waals surface area contributed by atoms with Gasteiger partial charge in [0.2, 0.25) is 0 Å². The van der Waals surface area contributed by atoms with E-state index in [1.165, 1.54) is 105 Å². The van der Waals surface area contributed by atoms with Gasteiger partial charge in [-0.2, -0.15) is 0 Å². The van der Waals surface area contributed by atoms with Gasteiger partial charge >= 0.3 is 0 Å². The third kappa shape index (κ3) is 4.84. The Hall–Kier alpha value is -6.76. The summed E-state index contributed by atoms with van der Waals surface area (Å²) in [4.78, 5) is 0. The zero-order valence-electron chi connectivity index (χ0n) is 29.8. The molecule has 0 heteroatoms.